The van der Waals surface area contributed by atoms with E-state index in [1.807, 2.05) is 12.1 Å². The first kappa shape index (κ1) is 21.4. The number of nitrogen functional groups attached to an aromatic ring is 1. The molecule has 164 valence electrons. The van der Waals surface area contributed by atoms with E-state index in [4.69, 9.17) is 10.5 Å². The Hall–Kier alpha value is -2.87. The van der Waals surface area contributed by atoms with Gasteiger partial charge in [-0.2, -0.15) is 0 Å². The Morgan fingerprint density at radius 3 is 2.84 bits per heavy atom. The molecule has 0 aliphatic heterocycles. The van der Waals surface area contributed by atoms with Gasteiger partial charge in [-0.3, -0.25) is 9.78 Å². The predicted molar refractivity (Wildman–Crippen MR) is 123 cm³/mol. The van der Waals surface area contributed by atoms with E-state index in [0.717, 1.165) is 54.5 Å². The number of nitrogens with one attached hydrogen (secondary N) is 2. The second kappa shape index (κ2) is 9.96. The predicted octanol–water partition coefficient (Wildman–Crippen LogP) is 4.29. The molecule has 31 heavy (non-hydrogen) atoms. The van der Waals surface area contributed by atoms with Crippen molar-refractivity contribution < 1.29 is 14.3 Å². The number of nitrogens with two attached hydrogens (primary N) is 1. The Labute approximate surface area is 186 Å². The van der Waals surface area contributed by atoms with Crippen molar-refractivity contribution in [1.82, 2.24) is 10.3 Å². The Bertz CT molecular complexity index is 951. The molecular formula is C23H28N4O3S. The summed E-state index contributed by atoms with van der Waals surface area (Å²) in [5.74, 6) is -0.242. The molecule has 1 fully saturated rings. The number of ether oxygens (including phenoxy) is 1. The quantitative estimate of drug-likeness (QED) is 0.601. The highest BCUT2D eigenvalue weighted by molar-refractivity contribution is 7.17. The third-order valence-corrected chi connectivity index (χ3v) is 7.00. The van der Waals surface area contributed by atoms with E-state index in [2.05, 4.69) is 15.6 Å². The standard InChI is InChI=1S/C23H28N4O3S/c24-21-18-10-9-17(30-23(29)26-16-6-2-1-3-7-16)13-19(18)31-22(21)27-20(28)11-8-15-5-4-12-25-14-15/h4-5,8,11-12,14,16-17H,1-3,6-7,9-10,13,24H2,(H,26,29)(H,27,28)/b11-8+. The molecule has 8 heteroatoms. The van der Waals surface area contributed by atoms with Crippen LogP contribution < -0.4 is 16.4 Å². The monoisotopic (exact) mass is 440 g/mol. The van der Waals surface area contributed by atoms with Gasteiger partial charge in [-0.25, -0.2) is 4.79 Å². The molecule has 0 spiro atoms. The first-order valence-electron chi connectivity index (χ1n) is 10.8. The van der Waals surface area contributed by atoms with Crippen molar-refractivity contribution in [3.63, 3.8) is 0 Å². The van der Waals surface area contributed by atoms with E-state index in [1.165, 1.54) is 23.8 Å². The van der Waals surface area contributed by atoms with Crippen LogP contribution in [0.2, 0.25) is 0 Å². The number of hydrogen-bond acceptors (Lipinski definition) is 6. The molecule has 0 radical (unpaired) electrons. The van der Waals surface area contributed by atoms with Gasteiger partial charge >= 0.3 is 6.09 Å². The first-order valence-corrected chi connectivity index (χ1v) is 11.7. The third-order valence-electron chi connectivity index (χ3n) is 5.81. The number of aromatic nitrogens is 1. The average molecular weight is 441 g/mol. The van der Waals surface area contributed by atoms with Gasteiger partial charge in [0.2, 0.25) is 5.91 Å². The smallest absolute Gasteiger partial charge is 0.407 e. The van der Waals surface area contributed by atoms with E-state index >= 15 is 0 Å². The highest BCUT2D eigenvalue weighted by Gasteiger charge is 2.28. The maximum Gasteiger partial charge on any atom is 0.407 e. The van der Waals surface area contributed by atoms with E-state index in [1.54, 1.807) is 18.5 Å². The fraction of sp³-hybridized carbons (Fsp3) is 0.435. The van der Waals surface area contributed by atoms with Crippen molar-refractivity contribution in [2.24, 2.45) is 0 Å². The number of anilines is 2. The fourth-order valence-electron chi connectivity index (χ4n) is 4.17. The van der Waals surface area contributed by atoms with Crippen LogP contribution in [0, 0.1) is 0 Å². The summed E-state index contributed by atoms with van der Waals surface area (Å²) in [6.45, 7) is 0. The zero-order chi connectivity index (χ0) is 21.6. The number of rotatable bonds is 5. The molecule has 7 nitrogen and oxygen atoms in total. The van der Waals surface area contributed by atoms with Crippen molar-refractivity contribution >= 4 is 40.1 Å². The Morgan fingerprint density at radius 1 is 1.23 bits per heavy atom. The summed E-state index contributed by atoms with van der Waals surface area (Å²) in [5.41, 5.74) is 8.82. The van der Waals surface area contributed by atoms with Crippen LogP contribution in [0.15, 0.2) is 30.6 Å². The van der Waals surface area contributed by atoms with Gasteiger partial charge < -0.3 is 21.1 Å². The molecule has 4 N–H and O–H groups in total. The molecule has 2 aliphatic rings. The molecular weight excluding hydrogens is 412 g/mol. The molecule has 0 aromatic carbocycles. The lowest BCUT2D eigenvalue weighted by molar-refractivity contribution is -0.111. The van der Waals surface area contributed by atoms with Gasteiger partial charge in [-0.05, 0) is 49.0 Å². The van der Waals surface area contributed by atoms with Crippen molar-refractivity contribution in [2.45, 2.75) is 63.5 Å². The third kappa shape index (κ3) is 5.64. The number of fused-ring (bicyclic) bond motifs is 1. The molecule has 1 saturated carbocycles. The Morgan fingerprint density at radius 2 is 2.06 bits per heavy atom. The summed E-state index contributed by atoms with van der Waals surface area (Å²) in [6.07, 6.45) is 13.8. The highest BCUT2D eigenvalue weighted by atomic mass is 32.1. The van der Waals surface area contributed by atoms with Gasteiger partial charge in [0.1, 0.15) is 11.1 Å². The second-order valence-corrected chi connectivity index (χ2v) is 9.21. The number of amides is 2. The summed E-state index contributed by atoms with van der Waals surface area (Å²) in [7, 11) is 0. The van der Waals surface area contributed by atoms with E-state index in [0.29, 0.717) is 17.1 Å². The van der Waals surface area contributed by atoms with Gasteiger partial charge in [0.05, 0.1) is 5.69 Å². The number of pyridine rings is 1. The largest absolute Gasteiger partial charge is 0.446 e. The molecule has 0 bridgehead atoms. The lowest BCUT2D eigenvalue weighted by Gasteiger charge is -2.26. The SMILES string of the molecule is Nc1c(NC(=O)/C=C/c2cccnc2)sc2c1CCC(OC(=O)NC1CCCCC1)C2. The normalized spacial score (nSPS) is 19.0. The molecule has 1 atom stereocenters. The molecule has 4 rings (SSSR count). The summed E-state index contributed by atoms with van der Waals surface area (Å²) in [5, 5.41) is 6.53. The Balaban J connectivity index is 1.32. The van der Waals surface area contributed by atoms with E-state index in [9.17, 15) is 9.59 Å². The zero-order valence-electron chi connectivity index (χ0n) is 17.4. The van der Waals surface area contributed by atoms with Crippen molar-refractivity contribution in [2.75, 3.05) is 11.1 Å². The number of nitrogens with zero attached hydrogens (tertiary/aromatic N) is 1. The van der Waals surface area contributed by atoms with Crippen LogP contribution in [0.4, 0.5) is 15.5 Å². The van der Waals surface area contributed by atoms with Crippen LogP contribution >= 0.6 is 11.3 Å². The maximum atomic E-state index is 12.3. The summed E-state index contributed by atoms with van der Waals surface area (Å²) < 4.78 is 5.68. The fourth-order valence-corrected chi connectivity index (χ4v) is 5.41. The minimum Gasteiger partial charge on any atom is -0.446 e. The van der Waals surface area contributed by atoms with Crippen LogP contribution in [0.3, 0.4) is 0 Å². The molecule has 2 aromatic rings. The summed E-state index contributed by atoms with van der Waals surface area (Å²) in [6, 6.07) is 3.93. The molecule has 1 unspecified atom stereocenters. The van der Waals surface area contributed by atoms with Gasteiger partial charge in [0, 0.05) is 35.8 Å². The Kier molecular flexibility index (Phi) is 6.86. The van der Waals surface area contributed by atoms with Gasteiger partial charge in [0.15, 0.2) is 0 Å². The maximum absolute atomic E-state index is 12.3. The lowest BCUT2D eigenvalue weighted by Crippen LogP contribution is -2.39. The number of hydrogen-bond donors (Lipinski definition) is 3. The van der Waals surface area contributed by atoms with Crippen LogP contribution in [-0.2, 0) is 22.4 Å². The van der Waals surface area contributed by atoms with Crippen LogP contribution in [0.25, 0.3) is 6.08 Å². The van der Waals surface area contributed by atoms with E-state index in [-0.39, 0.29) is 24.1 Å². The first-order chi connectivity index (χ1) is 15.1. The summed E-state index contributed by atoms with van der Waals surface area (Å²) >= 11 is 1.46. The molecule has 2 amide bonds. The number of carbonyl (C=O) groups excluding carboxylic acids is 2. The minimum absolute atomic E-state index is 0.164. The number of carbonyl (C=O) groups is 2. The topological polar surface area (TPSA) is 106 Å². The van der Waals surface area contributed by atoms with Crippen molar-refractivity contribution in [1.29, 1.82) is 0 Å². The van der Waals surface area contributed by atoms with Crippen molar-refractivity contribution in [3.05, 3.63) is 46.6 Å². The molecule has 0 saturated heterocycles. The lowest BCUT2D eigenvalue weighted by atomic mass is 9.95. The molecule has 2 heterocycles. The molecule has 2 aliphatic carbocycles. The number of thiophene rings is 1. The number of alkyl carbamates (subject to hydrolysis) is 1. The van der Waals surface area contributed by atoms with Crippen LogP contribution in [0.5, 0.6) is 0 Å². The average Bonchev–Trinajstić information content (AvgIpc) is 3.08. The minimum atomic E-state index is -0.320. The van der Waals surface area contributed by atoms with Gasteiger partial charge in [0.25, 0.3) is 0 Å². The highest BCUT2D eigenvalue weighted by Crippen LogP contribution is 2.40. The molecule has 2 aromatic heterocycles. The van der Waals surface area contributed by atoms with Crippen LogP contribution in [-0.4, -0.2) is 29.1 Å². The van der Waals surface area contributed by atoms with E-state index < -0.39 is 0 Å². The van der Waals surface area contributed by atoms with Gasteiger partial charge in [-0.15, -0.1) is 11.3 Å². The zero-order valence-corrected chi connectivity index (χ0v) is 18.2. The van der Waals surface area contributed by atoms with Crippen molar-refractivity contribution in [3.8, 4) is 0 Å². The summed E-state index contributed by atoms with van der Waals surface area (Å²) in [4.78, 5) is 29.7. The second-order valence-electron chi connectivity index (χ2n) is 8.10. The van der Waals surface area contributed by atoms with Gasteiger partial charge in [-0.1, -0.05) is 25.3 Å². The van der Waals surface area contributed by atoms with Crippen LogP contribution in [0.1, 0.15) is 54.5 Å².